The van der Waals surface area contributed by atoms with E-state index < -0.39 is 0 Å². The summed E-state index contributed by atoms with van der Waals surface area (Å²) in [4.78, 5) is 19.0. The molecule has 29 heavy (non-hydrogen) atoms. The lowest BCUT2D eigenvalue weighted by Crippen LogP contribution is -2.22. The van der Waals surface area contributed by atoms with Gasteiger partial charge in [0.2, 0.25) is 5.89 Å². The molecule has 4 aromatic rings. The third-order valence-electron chi connectivity index (χ3n) is 4.95. The van der Waals surface area contributed by atoms with Gasteiger partial charge < -0.3 is 14.1 Å². The molecular weight excluding hydrogens is 411 g/mol. The van der Waals surface area contributed by atoms with Gasteiger partial charge in [0, 0.05) is 22.9 Å². The zero-order valence-electron chi connectivity index (χ0n) is 15.3. The first kappa shape index (κ1) is 18.0. The molecule has 2 heterocycles. The number of ether oxygens (including phenoxy) is 1. The van der Waals surface area contributed by atoms with Crippen LogP contribution >= 0.6 is 23.2 Å². The van der Waals surface area contributed by atoms with Crippen LogP contribution in [-0.2, 0) is 6.54 Å². The molecule has 144 valence electrons. The summed E-state index contributed by atoms with van der Waals surface area (Å²) in [5, 5.41) is 0.747. The highest BCUT2D eigenvalue weighted by atomic mass is 35.5. The highest BCUT2D eigenvalue weighted by Gasteiger charge is 2.28. The molecule has 3 aromatic carbocycles. The minimum Gasteiger partial charge on any atom is -0.494 e. The molecule has 1 aliphatic heterocycles. The standard InChI is InChI=1S/C22H14Cl2N2O3/c1-28-20-16(23)8-13(9-17(20)24)21-25-18-7-6-14(10-19(18)29-21)26-11-12-4-2-3-5-15(12)22(26)27/h2-10H,11H2,1H3. The van der Waals surface area contributed by atoms with Crippen LogP contribution in [0.5, 0.6) is 5.75 Å². The summed E-state index contributed by atoms with van der Waals surface area (Å²) >= 11 is 12.5. The molecule has 0 spiro atoms. The molecule has 0 fully saturated rings. The van der Waals surface area contributed by atoms with E-state index in [4.69, 9.17) is 32.4 Å². The van der Waals surface area contributed by atoms with Crippen LogP contribution in [0.2, 0.25) is 10.0 Å². The summed E-state index contributed by atoms with van der Waals surface area (Å²) in [7, 11) is 1.51. The van der Waals surface area contributed by atoms with Gasteiger partial charge in [-0.05, 0) is 35.9 Å². The van der Waals surface area contributed by atoms with Gasteiger partial charge >= 0.3 is 0 Å². The Kier molecular flexibility index (Phi) is 4.23. The number of hydrogen-bond acceptors (Lipinski definition) is 4. The number of nitrogens with zero attached hydrogens (tertiary/aromatic N) is 2. The first-order valence-electron chi connectivity index (χ1n) is 8.89. The van der Waals surface area contributed by atoms with Gasteiger partial charge in [0.05, 0.1) is 23.7 Å². The van der Waals surface area contributed by atoms with Crippen LogP contribution in [0.15, 0.2) is 59.0 Å². The van der Waals surface area contributed by atoms with E-state index in [1.165, 1.54) is 7.11 Å². The number of hydrogen-bond donors (Lipinski definition) is 0. The number of carbonyl (C=O) groups is 1. The number of methoxy groups -OCH3 is 1. The van der Waals surface area contributed by atoms with Gasteiger partial charge in [-0.3, -0.25) is 4.79 Å². The summed E-state index contributed by atoms with van der Waals surface area (Å²) in [6, 6.07) is 16.5. The van der Waals surface area contributed by atoms with Crippen LogP contribution in [0.4, 0.5) is 5.69 Å². The summed E-state index contributed by atoms with van der Waals surface area (Å²) in [6.07, 6.45) is 0. The Morgan fingerprint density at radius 2 is 1.83 bits per heavy atom. The number of oxazole rings is 1. The van der Waals surface area contributed by atoms with Crippen molar-refractivity contribution in [2.75, 3.05) is 12.0 Å². The molecule has 0 N–H and O–H groups in total. The minimum atomic E-state index is -0.0200. The Morgan fingerprint density at radius 3 is 2.55 bits per heavy atom. The average molecular weight is 425 g/mol. The fraction of sp³-hybridized carbons (Fsp3) is 0.0909. The molecule has 0 radical (unpaired) electrons. The van der Waals surface area contributed by atoms with Gasteiger partial charge in [-0.15, -0.1) is 0 Å². The Bertz CT molecular complexity index is 1260. The van der Waals surface area contributed by atoms with Crippen LogP contribution in [0.1, 0.15) is 15.9 Å². The molecule has 0 saturated heterocycles. The van der Waals surface area contributed by atoms with E-state index in [9.17, 15) is 4.79 Å². The molecule has 0 saturated carbocycles. The third-order valence-corrected chi connectivity index (χ3v) is 5.52. The largest absolute Gasteiger partial charge is 0.494 e. The van der Waals surface area contributed by atoms with E-state index in [1.54, 1.807) is 17.0 Å². The second-order valence-corrected chi connectivity index (χ2v) is 7.51. The van der Waals surface area contributed by atoms with Crippen molar-refractivity contribution < 1.29 is 13.9 Å². The van der Waals surface area contributed by atoms with E-state index in [-0.39, 0.29) is 5.91 Å². The molecule has 1 amide bonds. The summed E-state index contributed by atoms with van der Waals surface area (Å²) in [6.45, 7) is 0.533. The minimum absolute atomic E-state index is 0.0200. The Balaban J connectivity index is 1.53. The number of amides is 1. The summed E-state index contributed by atoms with van der Waals surface area (Å²) < 4.78 is 11.1. The second kappa shape index (κ2) is 6.79. The maximum Gasteiger partial charge on any atom is 0.258 e. The van der Waals surface area contributed by atoms with Gasteiger partial charge in [0.25, 0.3) is 5.91 Å². The SMILES string of the molecule is COc1c(Cl)cc(-c2nc3ccc(N4Cc5ccccc5C4=O)cc3o2)cc1Cl. The zero-order chi connectivity index (χ0) is 20.1. The fourth-order valence-electron chi connectivity index (χ4n) is 3.55. The predicted octanol–water partition coefficient (Wildman–Crippen LogP) is 5.97. The van der Waals surface area contributed by atoms with Gasteiger partial charge in [-0.25, -0.2) is 4.98 Å². The van der Waals surface area contributed by atoms with Gasteiger partial charge in [-0.1, -0.05) is 41.4 Å². The van der Waals surface area contributed by atoms with Gasteiger partial charge in [0.15, 0.2) is 11.3 Å². The number of anilines is 1. The Hall–Kier alpha value is -3.02. The molecule has 0 atom stereocenters. The van der Waals surface area contributed by atoms with Crippen molar-refractivity contribution in [1.29, 1.82) is 0 Å². The van der Waals surface area contributed by atoms with E-state index in [2.05, 4.69) is 4.98 Å². The highest BCUT2D eigenvalue weighted by molar-refractivity contribution is 6.37. The van der Waals surface area contributed by atoms with E-state index in [0.29, 0.717) is 44.9 Å². The van der Waals surface area contributed by atoms with Gasteiger partial charge in [0.1, 0.15) is 5.52 Å². The normalized spacial score (nSPS) is 13.2. The number of aromatic nitrogens is 1. The monoisotopic (exact) mass is 424 g/mol. The molecule has 1 aromatic heterocycles. The van der Waals surface area contributed by atoms with E-state index in [0.717, 1.165) is 16.8 Å². The molecule has 0 bridgehead atoms. The lowest BCUT2D eigenvalue weighted by atomic mass is 10.1. The van der Waals surface area contributed by atoms with Crippen molar-refractivity contribution in [2.24, 2.45) is 0 Å². The van der Waals surface area contributed by atoms with Crippen LogP contribution in [0, 0.1) is 0 Å². The number of benzene rings is 3. The summed E-state index contributed by atoms with van der Waals surface area (Å²) in [5.41, 5.74) is 4.39. The number of carbonyl (C=O) groups excluding carboxylic acids is 1. The number of rotatable bonds is 3. The number of halogens is 2. The lowest BCUT2D eigenvalue weighted by Gasteiger charge is -2.15. The summed E-state index contributed by atoms with van der Waals surface area (Å²) in [5.74, 6) is 0.774. The molecule has 5 nitrogen and oxygen atoms in total. The molecule has 0 unspecified atom stereocenters. The van der Waals surface area contributed by atoms with Gasteiger partial charge in [-0.2, -0.15) is 0 Å². The van der Waals surface area contributed by atoms with Crippen molar-refractivity contribution in [3.8, 4) is 17.2 Å². The maximum atomic E-state index is 12.7. The number of fused-ring (bicyclic) bond motifs is 2. The zero-order valence-corrected chi connectivity index (χ0v) is 16.8. The molecule has 0 aliphatic carbocycles. The van der Waals surface area contributed by atoms with Crippen molar-refractivity contribution in [2.45, 2.75) is 6.54 Å². The third kappa shape index (κ3) is 2.94. The fourth-order valence-corrected chi connectivity index (χ4v) is 4.19. The molecule has 5 rings (SSSR count). The second-order valence-electron chi connectivity index (χ2n) is 6.69. The van der Waals surface area contributed by atoms with Crippen LogP contribution in [0.25, 0.3) is 22.6 Å². The van der Waals surface area contributed by atoms with Crippen molar-refractivity contribution in [3.63, 3.8) is 0 Å². The van der Waals surface area contributed by atoms with Crippen molar-refractivity contribution in [1.82, 2.24) is 4.98 Å². The molecular formula is C22H14Cl2N2O3. The van der Waals surface area contributed by atoms with Crippen LogP contribution < -0.4 is 9.64 Å². The molecule has 7 heteroatoms. The van der Waals surface area contributed by atoms with Crippen molar-refractivity contribution in [3.05, 3.63) is 75.8 Å². The van der Waals surface area contributed by atoms with Crippen LogP contribution in [-0.4, -0.2) is 18.0 Å². The Labute approximate surface area is 176 Å². The molecule has 1 aliphatic rings. The Morgan fingerprint density at radius 1 is 1.07 bits per heavy atom. The van der Waals surface area contributed by atoms with Crippen LogP contribution in [0.3, 0.4) is 0 Å². The quantitative estimate of drug-likeness (QED) is 0.406. The average Bonchev–Trinajstić information content (AvgIpc) is 3.29. The highest BCUT2D eigenvalue weighted by Crippen LogP contribution is 2.38. The predicted molar refractivity (Wildman–Crippen MR) is 113 cm³/mol. The lowest BCUT2D eigenvalue weighted by molar-refractivity contribution is 0.0996. The topological polar surface area (TPSA) is 55.6 Å². The first-order chi connectivity index (χ1) is 14.0. The van der Waals surface area contributed by atoms with E-state index in [1.807, 2.05) is 42.5 Å². The smallest absolute Gasteiger partial charge is 0.258 e. The van der Waals surface area contributed by atoms with Crippen molar-refractivity contribution >= 4 is 45.9 Å². The van der Waals surface area contributed by atoms with E-state index >= 15 is 0 Å². The first-order valence-corrected chi connectivity index (χ1v) is 9.64. The maximum absolute atomic E-state index is 12.7.